The topological polar surface area (TPSA) is 95.0 Å². The lowest BCUT2D eigenvalue weighted by atomic mass is 10.2. The van der Waals surface area contributed by atoms with Crippen molar-refractivity contribution in [1.82, 2.24) is 14.9 Å². The highest BCUT2D eigenvalue weighted by atomic mass is 35.5. The molecule has 1 saturated heterocycles. The number of likely N-dealkylation sites (N-methyl/N-ethyl adjacent to an activating group) is 1. The molecule has 0 aliphatic carbocycles. The molecule has 3 aromatic rings. The maximum atomic E-state index is 10.3. The monoisotopic (exact) mass is 470 g/mol. The largest absolute Gasteiger partial charge is 0.503 e. The third-order valence-corrected chi connectivity index (χ3v) is 5.84. The predicted molar refractivity (Wildman–Crippen MR) is 131 cm³/mol. The number of ether oxygens (including phenoxy) is 2. The summed E-state index contributed by atoms with van der Waals surface area (Å²) < 4.78 is 10.6. The van der Waals surface area contributed by atoms with E-state index in [0.717, 1.165) is 31.9 Å². The van der Waals surface area contributed by atoms with Gasteiger partial charge in [-0.25, -0.2) is 4.98 Å². The van der Waals surface area contributed by atoms with E-state index in [1.807, 2.05) is 12.1 Å². The van der Waals surface area contributed by atoms with Gasteiger partial charge in [0.05, 0.1) is 20.4 Å². The Morgan fingerprint density at radius 1 is 0.939 bits per heavy atom. The zero-order chi connectivity index (χ0) is 23.4. The van der Waals surface area contributed by atoms with E-state index in [-0.39, 0.29) is 11.6 Å². The second-order valence-corrected chi connectivity index (χ2v) is 8.09. The molecular formula is C23H27ClN6O3. The molecule has 1 aromatic heterocycles. The number of benzene rings is 2. The molecular weight excluding hydrogens is 444 g/mol. The smallest absolute Gasteiger partial charge is 0.229 e. The van der Waals surface area contributed by atoms with Gasteiger partial charge in [-0.15, -0.1) is 0 Å². The van der Waals surface area contributed by atoms with Gasteiger partial charge < -0.3 is 35.0 Å². The molecule has 10 heteroatoms. The Morgan fingerprint density at radius 3 is 2.18 bits per heavy atom. The minimum absolute atomic E-state index is 0.0983. The van der Waals surface area contributed by atoms with Crippen molar-refractivity contribution >= 4 is 40.4 Å². The summed E-state index contributed by atoms with van der Waals surface area (Å²) in [5, 5.41) is 16.9. The van der Waals surface area contributed by atoms with Crippen molar-refractivity contribution in [3.8, 4) is 17.2 Å². The molecule has 0 amide bonds. The lowest BCUT2D eigenvalue weighted by Crippen LogP contribution is -2.44. The summed E-state index contributed by atoms with van der Waals surface area (Å²) >= 11 is 6.23. The molecule has 4 rings (SSSR count). The first kappa shape index (κ1) is 22.8. The SMILES string of the molecule is COc1cc(Nc2nc(Nc3ccc(N4CCN(C)CC4)cc3)ncc2O)cc(OC)c1Cl. The molecule has 2 heterocycles. The molecule has 0 radical (unpaired) electrons. The van der Waals surface area contributed by atoms with Gasteiger partial charge in [0.15, 0.2) is 11.6 Å². The highest BCUT2D eigenvalue weighted by Crippen LogP contribution is 2.38. The minimum atomic E-state index is -0.0983. The normalized spacial score (nSPS) is 14.1. The number of piperazine rings is 1. The first-order valence-corrected chi connectivity index (χ1v) is 10.9. The van der Waals surface area contributed by atoms with Gasteiger partial charge in [0.2, 0.25) is 5.95 Å². The van der Waals surface area contributed by atoms with E-state index < -0.39 is 0 Å². The van der Waals surface area contributed by atoms with Crippen LogP contribution in [0, 0.1) is 0 Å². The summed E-state index contributed by atoms with van der Waals surface area (Å²) in [6.45, 7) is 4.14. The van der Waals surface area contributed by atoms with E-state index in [0.29, 0.717) is 28.2 Å². The number of hydrogen-bond acceptors (Lipinski definition) is 9. The lowest BCUT2D eigenvalue weighted by Gasteiger charge is -2.34. The fourth-order valence-corrected chi connectivity index (χ4v) is 3.82. The molecule has 9 nitrogen and oxygen atoms in total. The highest BCUT2D eigenvalue weighted by molar-refractivity contribution is 6.33. The van der Waals surface area contributed by atoms with Crippen molar-refractivity contribution in [2.45, 2.75) is 0 Å². The summed E-state index contributed by atoms with van der Waals surface area (Å²) in [5.41, 5.74) is 2.62. The van der Waals surface area contributed by atoms with Gasteiger partial charge in [-0.3, -0.25) is 0 Å². The average molecular weight is 471 g/mol. The van der Waals surface area contributed by atoms with E-state index in [9.17, 15) is 5.11 Å². The standard InChI is InChI=1S/C23H27ClN6O3/c1-29-8-10-30(11-9-29)17-6-4-15(5-7-17)27-23-25-14-18(31)22(28-23)26-16-12-19(32-2)21(24)20(13-16)33-3/h4-7,12-14,31H,8-11H2,1-3H3,(H2,25,26,27,28). The van der Waals surface area contributed by atoms with Crippen molar-refractivity contribution < 1.29 is 14.6 Å². The molecule has 1 aliphatic heterocycles. The number of aromatic nitrogens is 2. The maximum Gasteiger partial charge on any atom is 0.229 e. The Morgan fingerprint density at radius 2 is 1.58 bits per heavy atom. The zero-order valence-corrected chi connectivity index (χ0v) is 19.6. The van der Waals surface area contributed by atoms with Crippen LogP contribution in [0.4, 0.5) is 28.8 Å². The fourth-order valence-electron chi connectivity index (χ4n) is 3.56. The van der Waals surface area contributed by atoms with Gasteiger partial charge in [0, 0.05) is 55.4 Å². The van der Waals surface area contributed by atoms with Gasteiger partial charge in [-0.1, -0.05) is 11.6 Å². The van der Waals surface area contributed by atoms with Crippen LogP contribution in [0.3, 0.4) is 0 Å². The van der Waals surface area contributed by atoms with E-state index >= 15 is 0 Å². The first-order chi connectivity index (χ1) is 16.0. The van der Waals surface area contributed by atoms with Crippen molar-refractivity contribution in [2.75, 3.05) is 63.0 Å². The summed E-state index contributed by atoms with van der Waals surface area (Å²) in [4.78, 5) is 13.3. The van der Waals surface area contributed by atoms with Crippen LogP contribution in [0.1, 0.15) is 0 Å². The molecule has 1 aliphatic rings. The lowest BCUT2D eigenvalue weighted by molar-refractivity contribution is 0.313. The molecule has 0 atom stereocenters. The Labute approximate surface area is 197 Å². The summed E-state index contributed by atoms with van der Waals surface area (Å²) in [5.74, 6) is 1.35. The van der Waals surface area contributed by atoms with Crippen LogP contribution in [-0.4, -0.2) is 67.4 Å². The molecule has 1 fully saturated rings. The third kappa shape index (κ3) is 5.32. The Kier molecular flexibility index (Phi) is 6.90. The molecule has 0 bridgehead atoms. The number of nitrogens with zero attached hydrogens (tertiary/aromatic N) is 4. The van der Waals surface area contributed by atoms with Crippen LogP contribution in [0.2, 0.25) is 5.02 Å². The Hall–Kier alpha value is -3.43. The molecule has 0 spiro atoms. The van der Waals surface area contributed by atoms with Crippen LogP contribution in [0.15, 0.2) is 42.6 Å². The quantitative estimate of drug-likeness (QED) is 0.471. The highest BCUT2D eigenvalue weighted by Gasteiger charge is 2.15. The van der Waals surface area contributed by atoms with E-state index in [4.69, 9.17) is 21.1 Å². The van der Waals surface area contributed by atoms with Crippen molar-refractivity contribution in [1.29, 1.82) is 0 Å². The van der Waals surface area contributed by atoms with Gasteiger partial charge in [0.25, 0.3) is 0 Å². The predicted octanol–water partition coefficient (Wildman–Crippen LogP) is 4.09. The van der Waals surface area contributed by atoms with Crippen LogP contribution in [-0.2, 0) is 0 Å². The van der Waals surface area contributed by atoms with E-state index in [2.05, 4.69) is 49.6 Å². The first-order valence-electron chi connectivity index (χ1n) is 10.5. The molecule has 174 valence electrons. The number of aromatic hydroxyl groups is 1. The number of anilines is 5. The van der Waals surface area contributed by atoms with Gasteiger partial charge in [-0.05, 0) is 31.3 Å². The number of methoxy groups -OCH3 is 2. The number of rotatable bonds is 7. The number of halogens is 1. The van der Waals surface area contributed by atoms with Crippen molar-refractivity contribution in [3.63, 3.8) is 0 Å². The number of hydrogen-bond donors (Lipinski definition) is 3. The Bertz CT molecular complexity index is 1080. The molecule has 3 N–H and O–H groups in total. The van der Waals surface area contributed by atoms with Crippen molar-refractivity contribution in [3.05, 3.63) is 47.6 Å². The van der Waals surface area contributed by atoms with Crippen LogP contribution < -0.4 is 25.0 Å². The molecule has 33 heavy (non-hydrogen) atoms. The summed E-state index contributed by atoms with van der Waals surface area (Å²) in [6.07, 6.45) is 1.33. The fraction of sp³-hybridized carbons (Fsp3) is 0.304. The van der Waals surface area contributed by atoms with E-state index in [1.54, 1.807) is 12.1 Å². The van der Waals surface area contributed by atoms with Crippen LogP contribution in [0.25, 0.3) is 0 Å². The second kappa shape index (κ2) is 10.0. The van der Waals surface area contributed by atoms with Crippen LogP contribution >= 0.6 is 11.6 Å². The second-order valence-electron chi connectivity index (χ2n) is 7.71. The zero-order valence-electron chi connectivity index (χ0n) is 18.8. The summed E-state index contributed by atoms with van der Waals surface area (Å²) in [7, 11) is 5.18. The third-order valence-electron chi connectivity index (χ3n) is 5.47. The van der Waals surface area contributed by atoms with Gasteiger partial charge in [0.1, 0.15) is 16.5 Å². The van der Waals surface area contributed by atoms with Gasteiger partial charge >= 0.3 is 0 Å². The maximum absolute atomic E-state index is 10.3. The Balaban J connectivity index is 1.49. The van der Waals surface area contributed by atoms with Crippen LogP contribution in [0.5, 0.6) is 17.2 Å². The molecule has 2 aromatic carbocycles. The van der Waals surface area contributed by atoms with Crippen molar-refractivity contribution in [2.24, 2.45) is 0 Å². The average Bonchev–Trinajstić information content (AvgIpc) is 2.83. The van der Waals surface area contributed by atoms with E-state index in [1.165, 1.54) is 26.1 Å². The summed E-state index contributed by atoms with van der Waals surface area (Å²) in [6, 6.07) is 11.5. The van der Waals surface area contributed by atoms with Gasteiger partial charge in [-0.2, -0.15) is 4.98 Å². The molecule has 0 unspecified atom stereocenters. The molecule has 0 saturated carbocycles. The number of nitrogens with one attached hydrogen (secondary N) is 2. The minimum Gasteiger partial charge on any atom is -0.503 e.